The smallest absolute Gasteiger partial charge is 0.187 e. The fraction of sp³-hybridized carbons (Fsp3) is 0.250. The molecule has 0 radical (unpaired) electrons. The van der Waals surface area contributed by atoms with Crippen LogP contribution < -0.4 is 5.32 Å². The van der Waals surface area contributed by atoms with Crippen molar-refractivity contribution in [3.8, 4) is 0 Å². The molecule has 2 heteroatoms. The van der Waals surface area contributed by atoms with Gasteiger partial charge in [0.2, 0.25) is 0 Å². The van der Waals surface area contributed by atoms with Gasteiger partial charge < -0.3 is 5.32 Å². The van der Waals surface area contributed by atoms with E-state index >= 15 is 0 Å². The zero-order valence-electron chi connectivity index (χ0n) is 8.58. The maximum Gasteiger partial charge on any atom is 0.187 e. The first-order chi connectivity index (χ1) is 6.74. The number of allylic oxidation sites excluding steroid dienone is 2. The second-order valence-electron chi connectivity index (χ2n) is 3.09. The standard InChI is InChI=1S/C12H15NO/c1-3-13-10(2)9-12(14)11-7-5-4-6-8-11/h4-9,13H,3H2,1-2H3/b10-9-. The lowest BCUT2D eigenvalue weighted by atomic mass is 10.1. The van der Waals surface area contributed by atoms with Crippen LogP contribution in [0, 0.1) is 0 Å². The van der Waals surface area contributed by atoms with Gasteiger partial charge in [-0.15, -0.1) is 0 Å². The van der Waals surface area contributed by atoms with Gasteiger partial charge in [-0.2, -0.15) is 0 Å². The van der Waals surface area contributed by atoms with Gasteiger partial charge in [0.25, 0.3) is 0 Å². The monoisotopic (exact) mass is 189 g/mol. The molecule has 0 saturated heterocycles. The largest absolute Gasteiger partial charge is 0.389 e. The number of hydrogen-bond donors (Lipinski definition) is 1. The first-order valence-corrected chi connectivity index (χ1v) is 4.75. The van der Waals surface area contributed by atoms with Gasteiger partial charge in [0.1, 0.15) is 0 Å². The van der Waals surface area contributed by atoms with E-state index in [0.29, 0.717) is 0 Å². The summed E-state index contributed by atoms with van der Waals surface area (Å²) in [6, 6.07) is 9.26. The van der Waals surface area contributed by atoms with Crippen LogP contribution in [-0.4, -0.2) is 12.3 Å². The molecule has 0 amide bonds. The van der Waals surface area contributed by atoms with Gasteiger partial charge in [0.15, 0.2) is 5.78 Å². The first-order valence-electron chi connectivity index (χ1n) is 4.75. The Morgan fingerprint density at radius 1 is 1.36 bits per heavy atom. The molecule has 1 aromatic carbocycles. The molecule has 1 aromatic rings. The highest BCUT2D eigenvalue weighted by Crippen LogP contribution is 2.02. The molecule has 0 fully saturated rings. The van der Waals surface area contributed by atoms with E-state index in [2.05, 4.69) is 5.32 Å². The fourth-order valence-electron chi connectivity index (χ4n) is 1.21. The van der Waals surface area contributed by atoms with Crippen LogP contribution in [0.4, 0.5) is 0 Å². The Morgan fingerprint density at radius 3 is 2.57 bits per heavy atom. The molecule has 0 aliphatic rings. The third-order valence-electron chi connectivity index (χ3n) is 1.86. The van der Waals surface area contributed by atoms with Crippen molar-refractivity contribution in [1.82, 2.24) is 5.32 Å². The molecule has 14 heavy (non-hydrogen) atoms. The summed E-state index contributed by atoms with van der Waals surface area (Å²) in [5, 5.41) is 3.09. The Balaban J connectivity index is 2.72. The zero-order chi connectivity index (χ0) is 10.4. The lowest BCUT2D eigenvalue weighted by Gasteiger charge is -2.01. The van der Waals surface area contributed by atoms with E-state index in [0.717, 1.165) is 17.8 Å². The van der Waals surface area contributed by atoms with Crippen LogP contribution in [0.5, 0.6) is 0 Å². The Bertz CT molecular complexity index is 327. The topological polar surface area (TPSA) is 29.1 Å². The predicted molar refractivity (Wildman–Crippen MR) is 58.2 cm³/mol. The van der Waals surface area contributed by atoms with E-state index in [9.17, 15) is 4.79 Å². The first kappa shape index (κ1) is 10.5. The van der Waals surface area contributed by atoms with Gasteiger partial charge in [-0.25, -0.2) is 0 Å². The maximum absolute atomic E-state index is 11.6. The second kappa shape index (κ2) is 5.22. The van der Waals surface area contributed by atoms with Crippen LogP contribution in [0.15, 0.2) is 42.1 Å². The average Bonchev–Trinajstić information content (AvgIpc) is 2.19. The van der Waals surface area contributed by atoms with Gasteiger partial charge in [-0.1, -0.05) is 30.3 Å². The van der Waals surface area contributed by atoms with E-state index in [1.54, 1.807) is 6.08 Å². The van der Waals surface area contributed by atoms with Crippen LogP contribution in [0.1, 0.15) is 24.2 Å². The maximum atomic E-state index is 11.6. The third kappa shape index (κ3) is 3.05. The molecule has 74 valence electrons. The molecule has 1 rings (SSSR count). The number of carbonyl (C=O) groups excluding carboxylic acids is 1. The zero-order valence-corrected chi connectivity index (χ0v) is 8.58. The summed E-state index contributed by atoms with van der Waals surface area (Å²) in [7, 11) is 0. The van der Waals surface area contributed by atoms with Crippen molar-refractivity contribution in [2.75, 3.05) is 6.54 Å². The Hall–Kier alpha value is -1.57. The highest BCUT2D eigenvalue weighted by atomic mass is 16.1. The number of ketones is 1. The third-order valence-corrected chi connectivity index (χ3v) is 1.86. The molecular formula is C12H15NO. The van der Waals surface area contributed by atoms with E-state index in [-0.39, 0.29) is 5.78 Å². The van der Waals surface area contributed by atoms with Gasteiger partial charge in [-0.3, -0.25) is 4.79 Å². The number of nitrogens with one attached hydrogen (secondary N) is 1. The summed E-state index contributed by atoms with van der Waals surface area (Å²) in [5.74, 6) is 0.0454. The van der Waals surface area contributed by atoms with Crippen molar-refractivity contribution in [1.29, 1.82) is 0 Å². The predicted octanol–water partition coefficient (Wildman–Crippen LogP) is 2.38. The Morgan fingerprint density at radius 2 is 2.00 bits per heavy atom. The quantitative estimate of drug-likeness (QED) is 0.582. The summed E-state index contributed by atoms with van der Waals surface area (Å²) in [5.41, 5.74) is 1.63. The van der Waals surface area contributed by atoms with Crippen molar-refractivity contribution in [2.24, 2.45) is 0 Å². The molecule has 0 saturated carbocycles. The molecule has 2 nitrogen and oxygen atoms in total. The molecule has 0 bridgehead atoms. The second-order valence-corrected chi connectivity index (χ2v) is 3.09. The van der Waals surface area contributed by atoms with Crippen LogP contribution in [0.25, 0.3) is 0 Å². The molecule has 0 unspecified atom stereocenters. The summed E-state index contributed by atoms with van der Waals surface area (Å²) in [4.78, 5) is 11.6. The van der Waals surface area contributed by atoms with Crippen LogP contribution in [0.2, 0.25) is 0 Å². The minimum absolute atomic E-state index is 0.0454. The van der Waals surface area contributed by atoms with Gasteiger partial charge >= 0.3 is 0 Å². The molecule has 1 N–H and O–H groups in total. The SMILES string of the molecule is CCN/C(C)=C\C(=O)c1ccccc1. The normalized spacial score (nSPS) is 11.1. The molecule has 0 aliphatic carbocycles. The van der Waals surface area contributed by atoms with Crippen LogP contribution in [0.3, 0.4) is 0 Å². The number of hydrogen-bond acceptors (Lipinski definition) is 2. The highest BCUT2D eigenvalue weighted by Gasteiger charge is 2.00. The van der Waals surface area contributed by atoms with Crippen LogP contribution in [-0.2, 0) is 0 Å². The molecule has 0 aromatic heterocycles. The van der Waals surface area contributed by atoms with E-state index in [4.69, 9.17) is 0 Å². The van der Waals surface area contributed by atoms with Crippen molar-refractivity contribution in [3.05, 3.63) is 47.7 Å². The van der Waals surface area contributed by atoms with Crippen molar-refractivity contribution < 1.29 is 4.79 Å². The Kier molecular flexibility index (Phi) is 3.92. The minimum atomic E-state index is 0.0454. The Labute approximate surface area is 84.6 Å². The average molecular weight is 189 g/mol. The van der Waals surface area contributed by atoms with E-state index in [1.807, 2.05) is 44.2 Å². The van der Waals surface area contributed by atoms with Crippen molar-refractivity contribution in [2.45, 2.75) is 13.8 Å². The number of rotatable bonds is 4. The molecule has 0 atom stereocenters. The molecule has 0 heterocycles. The molecule has 0 spiro atoms. The van der Waals surface area contributed by atoms with Gasteiger partial charge in [0, 0.05) is 23.9 Å². The summed E-state index contributed by atoms with van der Waals surface area (Å²) >= 11 is 0. The minimum Gasteiger partial charge on any atom is -0.389 e. The lowest BCUT2D eigenvalue weighted by Crippen LogP contribution is -2.11. The van der Waals surface area contributed by atoms with Crippen molar-refractivity contribution in [3.63, 3.8) is 0 Å². The van der Waals surface area contributed by atoms with Crippen LogP contribution >= 0.6 is 0 Å². The lowest BCUT2D eigenvalue weighted by molar-refractivity contribution is 0.104. The number of carbonyl (C=O) groups is 1. The van der Waals surface area contributed by atoms with Crippen molar-refractivity contribution >= 4 is 5.78 Å². The fourth-order valence-corrected chi connectivity index (χ4v) is 1.21. The van der Waals surface area contributed by atoms with Gasteiger partial charge in [0.05, 0.1) is 0 Å². The summed E-state index contributed by atoms with van der Waals surface area (Å²) < 4.78 is 0. The number of benzene rings is 1. The highest BCUT2D eigenvalue weighted by molar-refractivity contribution is 6.04. The molecular weight excluding hydrogens is 174 g/mol. The van der Waals surface area contributed by atoms with Gasteiger partial charge in [-0.05, 0) is 13.8 Å². The van der Waals surface area contributed by atoms with E-state index < -0.39 is 0 Å². The van der Waals surface area contributed by atoms with E-state index in [1.165, 1.54) is 0 Å². The summed E-state index contributed by atoms with van der Waals surface area (Å²) in [6.45, 7) is 4.74. The molecule has 0 aliphatic heterocycles. The summed E-state index contributed by atoms with van der Waals surface area (Å²) in [6.07, 6.45) is 1.62.